The van der Waals surface area contributed by atoms with Crippen LogP contribution in [0.2, 0.25) is 0 Å². The molecular formula is C38H74NO7+. The molecule has 0 fully saturated rings. The summed E-state index contributed by atoms with van der Waals surface area (Å²) in [5.74, 6) is -1.46. The molecule has 0 rings (SSSR count). The smallest absolute Gasteiger partial charge is 0.362 e. The number of carboxylic acid groups (broad SMARTS) is 1. The number of hydrogen-bond donors (Lipinski definition) is 1. The Bertz CT molecular complexity index is 737. The lowest BCUT2D eigenvalue weighted by atomic mass is 10.0. The first-order valence-corrected chi connectivity index (χ1v) is 19.1. The molecular weight excluding hydrogens is 582 g/mol. The quantitative estimate of drug-likeness (QED) is 0.0418. The number of hydrogen-bond acceptors (Lipinski definition) is 6. The van der Waals surface area contributed by atoms with Crippen molar-refractivity contribution in [2.24, 2.45) is 0 Å². The average Bonchev–Trinajstić information content (AvgIpc) is 3.00. The van der Waals surface area contributed by atoms with E-state index in [1.54, 1.807) is 0 Å². The van der Waals surface area contributed by atoms with Crippen molar-refractivity contribution in [3.63, 3.8) is 0 Å². The Morgan fingerprint density at radius 1 is 0.565 bits per heavy atom. The Morgan fingerprint density at radius 3 is 1.35 bits per heavy atom. The van der Waals surface area contributed by atoms with E-state index in [9.17, 15) is 19.5 Å². The maximum Gasteiger partial charge on any atom is 0.362 e. The third kappa shape index (κ3) is 28.5. The van der Waals surface area contributed by atoms with E-state index in [1.165, 1.54) is 103 Å². The van der Waals surface area contributed by atoms with E-state index in [0.29, 0.717) is 19.3 Å². The molecule has 0 aromatic heterocycles. The SMILES string of the molecule is CCCCCCCCCCCCCCCC(=O)OC(COCCC(C(=O)O)[N+](C)(C)C)COC(=O)CCCCCCCCCCC. The fraction of sp³-hybridized carbons (Fsp3) is 0.921. The zero-order valence-electron chi connectivity index (χ0n) is 30.8. The molecule has 0 aromatic rings. The number of carbonyl (C=O) groups is 3. The molecule has 46 heavy (non-hydrogen) atoms. The van der Waals surface area contributed by atoms with Gasteiger partial charge in [-0.3, -0.25) is 9.59 Å². The summed E-state index contributed by atoms with van der Waals surface area (Å²) in [7, 11) is 5.52. The van der Waals surface area contributed by atoms with Crippen LogP contribution in [0.25, 0.3) is 0 Å². The van der Waals surface area contributed by atoms with E-state index in [1.807, 2.05) is 21.1 Å². The molecule has 0 radical (unpaired) electrons. The van der Waals surface area contributed by atoms with E-state index in [0.717, 1.165) is 38.5 Å². The van der Waals surface area contributed by atoms with Crippen LogP contribution < -0.4 is 0 Å². The highest BCUT2D eigenvalue weighted by Crippen LogP contribution is 2.15. The number of aliphatic carboxylic acids is 1. The number of esters is 2. The second kappa shape index (κ2) is 30.7. The number of nitrogens with zero attached hydrogens (tertiary/aromatic N) is 1. The monoisotopic (exact) mass is 657 g/mol. The number of unbranched alkanes of at least 4 members (excludes halogenated alkanes) is 20. The maximum atomic E-state index is 12.6. The van der Waals surface area contributed by atoms with Crippen molar-refractivity contribution in [2.75, 3.05) is 41.0 Å². The third-order valence-corrected chi connectivity index (χ3v) is 8.76. The predicted molar refractivity (Wildman–Crippen MR) is 188 cm³/mol. The molecule has 1 N–H and O–H groups in total. The molecule has 0 spiro atoms. The normalized spacial score (nSPS) is 13.0. The Balaban J connectivity index is 4.39. The van der Waals surface area contributed by atoms with Crippen LogP contribution >= 0.6 is 0 Å². The van der Waals surface area contributed by atoms with E-state index >= 15 is 0 Å². The van der Waals surface area contributed by atoms with Crippen molar-refractivity contribution >= 4 is 17.9 Å². The summed E-state index contributed by atoms with van der Waals surface area (Å²) in [6.07, 6.45) is 27.1. The van der Waals surface area contributed by atoms with Gasteiger partial charge in [-0.05, 0) is 12.8 Å². The number of rotatable bonds is 34. The minimum absolute atomic E-state index is 0.0434. The van der Waals surface area contributed by atoms with Crippen molar-refractivity contribution in [1.29, 1.82) is 0 Å². The first-order valence-electron chi connectivity index (χ1n) is 19.1. The summed E-state index contributed by atoms with van der Waals surface area (Å²) in [6.45, 7) is 4.72. The Morgan fingerprint density at radius 2 is 0.957 bits per heavy atom. The van der Waals surface area contributed by atoms with Gasteiger partial charge < -0.3 is 23.8 Å². The minimum Gasteiger partial charge on any atom is -0.477 e. The van der Waals surface area contributed by atoms with Crippen molar-refractivity contribution in [1.82, 2.24) is 0 Å². The van der Waals surface area contributed by atoms with Crippen LogP contribution in [0.4, 0.5) is 0 Å². The number of carboxylic acids is 1. The Hall–Kier alpha value is -1.67. The Kier molecular flexibility index (Phi) is 29.5. The van der Waals surface area contributed by atoms with Gasteiger partial charge in [0.05, 0.1) is 34.4 Å². The van der Waals surface area contributed by atoms with Gasteiger partial charge in [0.2, 0.25) is 0 Å². The van der Waals surface area contributed by atoms with Gasteiger partial charge in [-0.25, -0.2) is 4.79 Å². The topological polar surface area (TPSA) is 99.1 Å². The highest BCUT2D eigenvalue weighted by molar-refractivity contribution is 5.72. The van der Waals surface area contributed by atoms with Crippen LogP contribution in [0.5, 0.6) is 0 Å². The van der Waals surface area contributed by atoms with Gasteiger partial charge in [-0.15, -0.1) is 0 Å². The van der Waals surface area contributed by atoms with Crippen molar-refractivity contribution in [2.45, 2.75) is 187 Å². The number of carbonyl (C=O) groups excluding carboxylic acids is 2. The van der Waals surface area contributed by atoms with Crippen molar-refractivity contribution in [3.8, 4) is 0 Å². The largest absolute Gasteiger partial charge is 0.477 e. The second-order valence-electron chi connectivity index (χ2n) is 14.2. The molecule has 0 amide bonds. The zero-order chi connectivity index (χ0) is 34.3. The van der Waals surface area contributed by atoms with E-state index in [2.05, 4.69) is 13.8 Å². The van der Waals surface area contributed by atoms with Crippen molar-refractivity contribution in [3.05, 3.63) is 0 Å². The summed E-state index contributed by atoms with van der Waals surface area (Å²) in [4.78, 5) is 36.7. The molecule has 0 saturated heterocycles. The lowest BCUT2D eigenvalue weighted by Gasteiger charge is -2.31. The molecule has 0 aliphatic rings. The fourth-order valence-electron chi connectivity index (χ4n) is 5.74. The van der Waals surface area contributed by atoms with Gasteiger partial charge in [0, 0.05) is 19.3 Å². The highest BCUT2D eigenvalue weighted by atomic mass is 16.6. The summed E-state index contributed by atoms with van der Waals surface area (Å²) < 4.78 is 17.2. The fourth-order valence-corrected chi connectivity index (χ4v) is 5.74. The average molecular weight is 657 g/mol. The highest BCUT2D eigenvalue weighted by Gasteiger charge is 2.31. The van der Waals surface area contributed by atoms with Crippen LogP contribution in [0, 0.1) is 0 Å². The van der Waals surface area contributed by atoms with Crippen LogP contribution in [0.3, 0.4) is 0 Å². The molecule has 8 heteroatoms. The standard InChI is InChI=1S/C38H73NO7/c1-6-8-10-12-14-16-17-18-19-21-23-25-27-29-37(41)46-34(32-44-31-30-35(38(42)43)39(3,4)5)33-45-36(40)28-26-24-22-20-15-13-11-9-7-2/h34-35H,6-33H2,1-5H3/p+1. The predicted octanol–water partition coefficient (Wildman–Crippen LogP) is 9.41. The molecule has 0 aliphatic carbocycles. The number of ether oxygens (including phenoxy) is 3. The molecule has 0 aliphatic heterocycles. The van der Waals surface area contributed by atoms with Crippen molar-refractivity contribution < 1.29 is 38.2 Å². The van der Waals surface area contributed by atoms with E-state index < -0.39 is 18.1 Å². The molecule has 8 nitrogen and oxygen atoms in total. The van der Waals surface area contributed by atoms with E-state index in [4.69, 9.17) is 14.2 Å². The second-order valence-corrected chi connectivity index (χ2v) is 14.2. The van der Waals surface area contributed by atoms with Crippen LogP contribution in [-0.4, -0.2) is 80.6 Å². The van der Waals surface area contributed by atoms with Gasteiger partial charge in [0.25, 0.3) is 0 Å². The Labute approximate surface area is 283 Å². The van der Waals surface area contributed by atoms with Crippen LogP contribution in [-0.2, 0) is 28.6 Å². The molecule has 0 heterocycles. The first-order chi connectivity index (χ1) is 22.1. The molecule has 0 saturated carbocycles. The first kappa shape index (κ1) is 44.3. The minimum atomic E-state index is -0.873. The van der Waals surface area contributed by atoms with E-state index in [-0.39, 0.29) is 36.2 Å². The number of quaternary nitrogens is 1. The lowest BCUT2D eigenvalue weighted by molar-refractivity contribution is -0.887. The van der Waals surface area contributed by atoms with Gasteiger partial charge in [0.15, 0.2) is 12.1 Å². The molecule has 0 bridgehead atoms. The summed E-state index contributed by atoms with van der Waals surface area (Å²) in [5.41, 5.74) is 0. The zero-order valence-corrected chi connectivity index (χ0v) is 30.8. The van der Waals surface area contributed by atoms with Gasteiger partial charge in [0.1, 0.15) is 6.61 Å². The van der Waals surface area contributed by atoms with Crippen LogP contribution in [0.1, 0.15) is 174 Å². The summed E-state index contributed by atoms with van der Waals surface area (Å²) in [5, 5.41) is 9.56. The van der Waals surface area contributed by atoms with Gasteiger partial charge in [-0.2, -0.15) is 0 Å². The van der Waals surface area contributed by atoms with Crippen LogP contribution in [0.15, 0.2) is 0 Å². The third-order valence-electron chi connectivity index (χ3n) is 8.76. The maximum absolute atomic E-state index is 12.6. The molecule has 2 unspecified atom stereocenters. The number of likely N-dealkylation sites (N-methyl/N-ethyl adjacent to an activating group) is 1. The lowest BCUT2D eigenvalue weighted by Crippen LogP contribution is -2.50. The van der Waals surface area contributed by atoms with Gasteiger partial charge in [-0.1, -0.05) is 142 Å². The van der Waals surface area contributed by atoms with Gasteiger partial charge >= 0.3 is 17.9 Å². The molecule has 0 aromatic carbocycles. The summed E-state index contributed by atoms with van der Waals surface area (Å²) in [6, 6.07) is -0.606. The molecule has 272 valence electrons. The molecule has 2 atom stereocenters. The summed E-state index contributed by atoms with van der Waals surface area (Å²) >= 11 is 0.